The van der Waals surface area contributed by atoms with Crippen molar-refractivity contribution >= 4 is 0 Å². The normalized spacial score (nSPS) is 31.4. The van der Waals surface area contributed by atoms with Crippen LogP contribution in [0.25, 0.3) is 0 Å². The zero-order chi connectivity index (χ0) is 10.1. The molecule has 86 valence electrons. The first-order valence-electron chi connectivity index (χ1n) is 6.89. The predicted molar refractivity (Wildman–Crippen MR) is 63.0 cm³/mol. The van der Waals surface area contributed by atoms with Crippen molar-refractivity contribution in [1.29, 1.82) is 0 Å². The average molecular weight is 208 g/mol. The third kappa shape index (κ3) is 2.94. The van der Waals surface area contributed by atoms with Gasteiger partial charge in [-0.05, 0) is 64.0 Å². The number of hydrogen-bond acceptors (Lipinski definition) is 2. The fraction of sp³-hybridized carbons (Fsp3) is 1.00. The molecule has 0 aromatic heterocycles. The molecule has 3 fully saturated rings. The molecule has 1 heterocycles. The van der Waals surface area contributed by atoms with Crippen molar-refractivity contribution in [3.8, 4) is 0 Å². The Morgan fingerprint density at radius 3 is 2.53 bits per heavy atom. The van der Waals surface area contributed by atoms with E-state index in [1.54, 1.807) is 0 Å². The van der Waals surface area contributed by atoms with Crippen LogP contribution < -0.4 is 5.32 Å². The van der Waals surface area contributed by atoms with Crippen LogP contribution in [0.3, 0.4) is 0 Å². The molecule has 3 aliphatic rings. The Morgan fingerprint density at radius 2 is 1.93 bits per heavy atom. The van der Waals surface area contributed by atoms with E-state index in [1.807, 2.05) is 0 Å². The first-order valence-corrected chi connectivity index (χ1v) is 6.89. The van der Waals surface area contributed by atoms with E-state index in [2.05, 4.69) is 10.2 Å². The van der Waals surface area contributed by atoms with Gasteiger partial charge in [0.05, 0.1) is 0 Å². The number of nitrogens with zero attached hydrogens (tertiary/aromatic N) is 1. The summed E-state index contributed by atoms with van der Waals surface area (Å²) in [4.78, 5) is 2.79. The second kappa shape index (κ2) is 4.42. The molecule has 15 heavy (non-hydrogen) atoms. The standard InChI is InChI=1S/C13H24N2/c1-2-12(14-8-1)7-9-15(13-5-6-13)10-11-3-4-11/h11-14H,1-10H2. The van der Waals surface area contributed by atoms with E-state index in [0.717, 1.165) is 18.0 Å². The van der Waals surface area contributed by atoms with Gasteiger partial charge in [0.2, 0.25) is 0 Å². The monoisotopic (exact) mass is 208 g/mol. The summed E-state index contributed by atoms with van der Waals surface area (Å²) in [5.41, 5.74) is 0. The topological polar surface area (TPSA) is 15.3 Å². The van der Waals surface area contributed by atoms with Crippen molar-refractivity contribution < 1.29 is 0 Å². The van der Waals surface area contributed by atoms with E-state index in [0.29, 0.717) is 0 Å². The Labute approximate surface area is 93.4 Å². The van der Waals surface area contributed by atoms with Crippen LogP contribution in [0.5, 0.6) is 0 Å². The Kier molecular flexibility index (Phi) is 2.98. The molecule has 2 nitrogen and oxygen atoms in total. The van der Waals surface area contributed by atoms with Gasteiger partial charge in [-0.15, -0.1) is 0 Å². The van der Waals surface area contributed by atoms with Crippen molar-refractivity contribution in [2.45, 2.75) is 57.0 Å². The van der Waals surface area contributed by atoms with E-state index in [9.17, 15) is 0 Å². The highest BCUT2D eigenvalue weighted by molar-refractivity contribution is 4.89. The Bertz CT molecular complexity index is 203. The SMILES string of the molecule is C1CNC(CCN(CC2CC2)C2CC2)C1. The van der Waals surface area contributed by atoms with Gasteiger partial charge in [0.15, 0.2) is 0 Å². The summed E-state index contributed by atoms with van der Waals surface area (Å²) < 4.78 is 0. The first-order chi connectivity index (χ1) is 7.42. The lowest BCUT2D eigenvalue weighted by atomic mass is 10.1. The lowest BCUT2D eigenvalue weighted by molar-refractivity contribution is 0.240. The Hall–Kier alpha value is -0.0800. The summed E-state index contributed by atoms with van der Waals surface area (Å²) in [6.45, 7) is 4.03. The highest BCUT2D eigenvalue weighted by Gasteiger charge is 2.33. The third-order valence-electron chi connectivity index (χ3n) is 4.18. The summed E-state index contributed by atoms with van der Waals surface area (Å²) >= 11 is 0. The zero-order valence-electron chi connectivity index (χ0n) is 9.75. The molecule has 2 aliphatic carbocycles. The van der Waals surface area contributed by atoms with Crippen LogP contribution in [0.4, 0.5) is 0 Å². The van der Waals surface area contributed by atoms with Gasteiger partial charge in [0.1, 0.15) is 0 Å². The molecule has 1 saturated heterocycles. The predicted octanol–water partition coefficient (Wildman–Crippen LogP) is 2.00. The molecular weight excluding hydrogens is 184 g/mol. The number of nitrogens with one attached hydrogen (secondary N) is 1. The van der Waals surface area contributed by atoms with Crippen LogP contribution in [-0.2, 0) is 0 Å². The van der Waals surface area contributed by atoms with Gasteiger partial charge >= 0.3 is 0 Å². The molecule has 1 unspecified atom stereocenters. The van der Waals surface area contributed by atoms with Crippen molar-refractivity contribution in [3.63, 3.8) is 0 Å². The van der Waals surface area contributed by atoms with E-state index < -0.39 is 0 Å². The molecule has 0 aromatic rings. The van der Waals surface area contributed by atoms with Crippen LogP contribution in [0.1, 0.15) is 44.9 Å². The maximum absolute atomic E-state index is 3.61. The summed E-state index contributed by atoms with van der Waals surface area (Å²) in [6.07, 6.45) is 10.2. The molecule has 1 aliphatic heterocycles. The summed E-state index contributed by atoms with van der Waals surface area (Å²) in [5, 5.41) is 3.61. The maximum Gasteiger partial charge on any atom is 0.00965 e. The minimum atomic E-state index is 0.838. The largest absolute Gasteiger partial charge is 0.314 e. The highest BCUT2D eigenvalue weighted by Crippen LogP contribution is 2.35. The smallest absolute Gasteiger partial charge is 0.00965 e. The van der Waals surface area contributed by atoms with E-state index >= 15 is 0 Å². The second-order valence-corrected chi connectivity index (χ2v) is 5.75. The number of hydrogen-bond donors (Lipinski definition) is 1. The van der Waals surface area contributed by atoms with Crippen molar-refractivity contribution in [1.82, 2.24) is 10.2 Å². The van der Waals surface area contributed by atoms with Gasteiger partial charge in [-0.1, -0.05) is 0 Å². The molecule has 1 atom stereocenters. The molecule has 0 radical (unpaired) electrons. The lowest BCUT2D eigenvalue weighted by Gasteiger charge is -2.23. The van der Waals surface area contributed by atoms with Gasteiger partial charge in [-0.3, -0.25) is 0 Å². The maximum atomic E-state index is 3.61. The third-order valence-corrected chi connectivity index (χ3v) is 4.18. The fourth-order valence-electron chi connectivity index (χ4n) is 2.82. The minimum Gasteiger partial charge on any atom is -0.314 e. The van der Waals surface area contributed by atoms with Crippen LogP contribution in [-0.4, -0.2) is 36.6 Å². The minimum absolute atomic E-state index is 0.838. The van der Waals surface area contributed by atoms with Crippen molar-refractivity contribution in [2.24, 2.45) is 5.92 Å². The molecule has 0 aromatic carbocycles. The second-order valence-electron chi connectivity index (χ2n) is 5.75. The van der Waals surface area contributed by atoms with Crippen molar-refractivity contribution in [3.05, 3.63) is 0 Å². The van der Waals surface area contributed by atoms with Gasteiger partial charge in [-0.2, -0.15) is 0 Å². The van der Waals surface area contributed by atoms with Crippen LogP contribution in [0, 0.1) is 5.92 Å². The summed E-state index contributed by atoms with van der Waals surface area (Å²) in [5.74, 6) is 1.07. The number of rotatable bonds is 6. The van der Waals surface area contributed by atoms with Crippen molar-refractivity contribution in [2.75, 3.05) is 19.6 Å². The van der Waals surface area contributed by atoms with Gasteiger partial charge < -0.3 is 10.2 Å². The summed E-state index contributed by atoms with van der Waals surface area (Å²) in [6, 6.07) is 1.82. The van der Waals surface area contributed by atoms with Gasteiger partial charge in [0, 0.05) is 18.6 Å². The lowest BCUT2D eigenvalue weighted by Crippen LogP contribution is -2.33. The van der Waals surface area contributed by atoms with Crippen LogP contribution in [0.2, 0.25) is 0 Å². The van der Waals surface area contributed by atoms with Gasteiger partial charge in [-0.25, -0.2) is 0 Å². The summed E-state index contributed by atoms with van der Waals surface area (Å²) in [7, 11) is 0. The van der Waals surface area contributed by atoms with Gasteiger partial charge in [0.25, 0.3) is 0 Å². The van der Waals surface area contributed by atoms with E-state index in [4.69, 9.17) is 0 Å². The molecule has 3 rings (SSSR count). The quantitative estimate of drug-likeness (QED) is 0.718. The average Bonchev–Trinajstić information content (AvgIpc) is 3.14. The van der Waals surface area contributed by atoms with E-state index in [-0.39, 0.29) is 0 Å². The fourth-order valence-corrected chi connectivity index (χ4v) is 2.82. The Morgan fingerprint density at radius 1 is 1.07 bits per heavy atom. The first kappa shape index (κ1) is 10.1. The van der Waals surface area contributed by atoms with Crippen LogP contribution >= 0.6 is 0 Å². The molecule has 0 spiro atoms. The van der Waals surface area contributed by atoms with E-state index in [1.165, 1.54) is 64.6 Å². The molecule has 2 saturated carbocycles. The molecule has 2 heteroatoms. The van der Waals surface area contributed by atoms with Crippen LogP contribution in [0.15, 0.2) is 0 Å². The Balaban J connectivity index is 1.41. The zero-order valence-corrected chi connectivity index (χ0v) is 9.75. The highest BCUT2D eigenvalue weighted by atomic mass is 15.2. The molecule has 0 bridgehead atoms. The molecule has 0 amide bonds. The molecule has 1 N–H and O–H groups in total. The molecular formula is C13H24N2.